The molecule has 7 nitrogen and oxygen atoms in total. The zero-order chi connectivity index (χ0) is 21.6. The van der Waals surface area contributed by atoms with E-state index in [1.165, 1.54) is 32.0 Å². The minimum absolute atomic E-state index is 0.00155. The average Bonchev–Trinajstić information content (AvgIpc) is 2.96. The Kier molecular flexibility index (Phi) is 5.06. The Labute approximate surface area is 164 Å². The largest absolute Gasteiger partial charge is 0.477 e. The van der Waals surface area contributed by atoms with Crippen LogP contribution in [0.25, 0.3) is 0 Å². The van der Waals surface area contributed by atoms with Crippen molar-refractivity contribution in [1.29, 1.82) is 0 Å². The SMILES string of the molecule is CCOC(=O)C1=C(C)N[C@]2(C)ON=C(C(=O)O)[C@@H]2[C@H]1c1ccccc1C(F)(F)F. The van der Waals surface area contributed by atoms with Crippen molar-refractivity contribution < 1.29 is 37.4 Å². The minimum atomic E-state index is -4.72. The first-order valence-corrected chi connectivity index (χ1v) is 8.82. The molecule has 10 heteroatoms. The van der Waals surface area contributed by atoms with Gasteiger partial charge in [0.2, 0.25) is 5.72 Å². The van der Waals surface area contributed by atoms with E-state index in [9.17, 15) is 27.9 Å². The summed E-state index contributed by atoms with van der Waals surface area (Å²) in [6.45, 7) is 4.54. The van der Waals surface area contributed by atoms with Crippen LogP contribution in [0.4, 0.5) is 13.2 Å². The third-order valence-corrected chi connectivity index (χ3v) is 5.02. The molecule has 3 atom stereocenters. The maximum atomic E-state index is 13.7. The molecule has 29 heavy (non-hydrogen) atoms. The predicted octanol–water partition coefficient (Wildman–Crippen LogP) is 3.03. The zero-order valence-electron chi connectivity index (χ0n) is 15.8. The lowest BCUT2D eigenvalue weighted by Crippen LogP contribution is -2.56. The van der Waals surface area contributed by atoms with E-state index in [1.807, 2.05) is 0 Å². The van der Waals surface area contributed by atoms with Gasteiger partial charge < -0.3 is 20.0 Å². The first kappa shape index (κ1) is 20.7. The Morgan fingerprint density at radius 2 is 2.00 bits per heavy atom. The molecule has 2 heterocycles. The number of hydrogen-bond donors (Lipinski definition) is 2. The molecule has 0 amide bonds. The predicted molar refractivity (Wildman–Crippen MR) is 94.7 cm³/mol. The monoisotopic (exact) mass is 412 g/mol. The second kappa shape index (κ2) is 7.09. The molecule has 0 aromatic heterocycles. The van der Waals surface area contributed by atoms with Gasteiger partial charge in [-0.05, 0) is 32.4 Å². The molecule has 3 rings (SSSR count). The molecule has 0 unspecified atom stereocenters. The summed E-state index contributed by atoms with van der Waals surface area (Å²) in [6, 6.07) is 4.74. The van der Waals surface area contributed by atoms with E-state index in [2.05, 4.69) is 10.5 Å². The molecule has 2 N–H and O–H groups in total. The molecule has 2 aliphatic heterocycles. The lowest BCUT2D eigenvalue weighted by atomic mass is 9.69. The van der Waals surface area contributed by atoms with Gasteiger partial charge in [-0.25, -0.2) is 9.59 Å². The normalized spacial score (nSPS) is 26.2. The number of ether oxygens (including phenoxy) is 1. The third kappa shape index (κ3) is 3.43. The van der Waals surface area contributed by atoms with Crippen LogP contribution in [-0.4, -0.2) is 35.1 Å². The maximum Gasteiger partial charge on any atom is 0.416 e. The van der Waals surface area contributed by atoms with Gasteiger partial charge in [0, 0.05) is 11.6 Å². The Balaban J connectivity index is 2.30. The van der Waals surface area contributed by atoms with Crippen LogP contribution in [0.5, 0.6) is 0 Å². The van der Waals surface area contributed by atoms with Gasteiger partial charge in [0.05, 0.1) is 23.7 Å². The van der Waals surface area contributed by atoms with Gasteiger partial charge in [0.15, 0.2) is 5.71 Å². The molecule has 1 aromatic carbocycles. The number of rotatable bonds is 4. The van der Waals surface area contributed by atoms with Crippen LogP contribution < -0.4 is 5.32 Å². The molecular formula is C19H19F3N2O5. The molecule has 0 aliphatic carbocycles. The van der Waals surface area contributed by atoms with E-state index in [4.69, 9.17) is 9.57 Å². The highest BCUT2D eigenvalue weighted by atomic mass is 19.4. The van der Waals surface area contributed by atoms with E-state index < -0.39 is 47.0 Å². The lowest BCUT2D eigenvalue weighted by molar-refractivity contribution is -0.142. The molecule has 1 aromatic rings. The topological polar surface area (TPSA) is 97.2 Å². The minimum Gasteiger partial charge on any atom is -0.477 e. The number of halogens is 3. The molecule has 0 bridgehead atoms. The number of benzene rings is 1. The summed E-state index contributed by atoms with van der Waals surface area (Å²) in [4.78, 5) is 29.7. The van der Waals surface area contributed by atoms with E-state index in [-0.39, 0.29) is 23.4 Å². The number of carboxylic acid groups (broad SMARTS) is 1. The Morgan fingerprint density at radius 1 is 1.34 bits per heavy atom. The van der Waals surface area contributed by atoms with Gasteiger partial charge in [0.1, 0.15) is 0 Å². The van der Waals surface area contributed by atoms with E-state index in [1.54, 1.807) is 6.92 Å². The van der Waals surface area contributed by atoms with Crippen molar-refractivity contribution in [3.63, 3.8) is 0 Å². The Hall–Kier alpha value is -3.04. The van der Waals surface area contributed by atoms with Crippen LogP contribution in [0.15, 0.2) is 40.7 Å². The average molecular weight is 412 g/mol. The molecule has 0 saturated carbocycles. The van der Waals surface area contributed by atoms with Crippen LogP contribution in [-0.2, 0) is 25.3 Å². The number of nitrogens with one attached hydrogen (secondary N) is 1. The van der Waals surface area contributed by atoms with Crippen molar-refractivity contribution in [3.8, 4) is 0 Å². The quantitative estimate of drug-likeness (QED) is 0.738. The fourth-order valence-corrected chi connectivity index (χ4v) is 3.96. The van der Waals surface area contributed by atoms with Crippen LogP contribution in [0, 0.1) is 5.92 Å². The number of carboxylic acids is 1. The summed E-state index contributed by atoms with van der Waals surface area (Å²) in [7, 11) is 0. The molecule has 0 spiro atoms. The molecular weight excluding hydrogens is 393 g/mol. The molecule has 0 radical (unpaired) electrons. The standard InChI is InChI=1S/C19H19F3N2O5/c1-4-28-17(27)12-9(2)23-18(3)14(15(16(25)26)24-29-18)13(12)10-7-5-6-8-11(10)19(20,21)22/h5-8,13-14,23H,4H2,1-3H3,(H,25,26)/t13-,14-,18+/m0/s1. The second-order valence-corrected chi connectivity index (χ2v) is 6.90. The molecule has 156 valence electrons. The van der Waals surface area contributed by atoms with E-state index >= 15 is 0 Å². The van der Waals surface area contributed by atoms with E-state index in [0.29, 0.717) is 0 Å². The fraction of sp³-hybridized carbons (Fsp3) is 0.421. The third-order valence-electron chi connectivity index (χ3n) is 5.02. The summed E-state index contributed by atoms with van der Waals surface area (Å²) < 4.78 is 46.3. The molecule has 2 aliphatic rings. The van der Waals surface area contributed by atoms with Gasteiger partial charge in [-0.3, -0.25) is 0 Å². The summed E-state index contributed by atoms with van der Waals surface area (Å²) >= 11 is 0. The first-order chi connectivity index (χ1) is 13.5. The highest BCUT2D eigenvalue weighted by molar-refractivity contribution is 6.37. The van der Waals surface area contributed by atoms with Crippen molar-refractivity contribution in [3.05, 3.63) is 46.7 Å². The van der Waals surface area contributed by atoms with Crippen LogP contribution in [0.1, 0.15) is 37.8 Å². The fourth-order valence-electron chi connectivity index (χ4n) is 3.96. The highest BCUT2D eigenvalue weighted by Crippen LogP contribution is 2.50. The van der Waals surface area contributed by atoms with Crippen molar-refractivity contribution in [2.75, 3.05) is 6.61 Å². The van der Waals surface area contributed by atoms with Crippen molar-refractivity contribution in [2.45, 2.75) is 38.6 Å². The second-order valence-electron chi connectivity index (χ2n) is 6.90. The lowest BCUT2D eigenvalue weighted by Gasteiger charge is -2.42. The molecule has 0 fully saturated rings. The van der Waals surface area contributed by atoms with Gasteiger partial charge in [0.25, 0.3) is 0 Å². The number of allylic oxidation sites excluding steroid dienone is 1. The number of hydrogen-bond acceptors (Lipinski definition) is 6. The van der Waals surface area contributed by atoms with Gasteiger partial charge >= 0.3 is 18.1 Å². The van der Waals surface area contributed by atoms with Crippen LogP contribution >= 0.6 is 0 Å². The number of carbonyl (C=O) groups excluding carboxylic acids is 1. The van der Waals surface area contributed by atoms with Gasteiger partial charge in [-0.15, -0.1) is 0 Å². The van der Waals surface area contributed by atoms with Gasteiger partial charge in [-0.2, -0.15) is 13.2 Å². The maximum absolute atomic E-state index is 13.7. The zero-order valence-corrected chi connectivity index (χ0v) is 15.8. The van der Waals surface area contributed by atoms with Crippen molar-refractivity contribution in [1.82, 2.24) is 5.32 Å². The van der Waals surface area contributed by atoms with Crippen molar-refractivity contribution in [2.24, 2.45) is 11.1 Å². The van der Waals surface area contributed by atoms with Crippen LogP contribution in [0.3, 0.4) is 0 Å². The van der Waals surface area contributed by atoms with Crippen LogP contribution in [0.2, 0.25) is 0 Å². The number of nitrogens with zero attached hydrogens (tertiary/aromatic N) is 1. The number of fused-ring (bicyclic) bond motifs is 1. The smallest absolute Gasteiger partial charge is 0.416 e. The molecule has 0 saturated heterocycles. The Morgan fingerprint density at radius 3 is 2.59 bits per heavy atom. The highest BCUT2D eigenvalue weighted by Gasteiger charge is 2.58. The number of oxime groups is 1. The Bertz CT molecular complexity index is 925. The number of alkyl halides is 3. The van der Waals surface area contributed by atoms with Crippen molar-refractivity contribution >= 4 is 17.7 Å². The van der Waals surface area contributed by atoms with E-state index in [0.717, 1.165) is 6.07 Å². The summed E-state index contributed by atoms with van der Waals surface area (Å²) in [5.74, 6) is -4.78. The summed E-state index contributed by atoms with van der Waals surface area (Å²) in [6.07, 6.45) is -4.72. The summed E-state index contributed by atoms with van der Waals surface area (Å²) in [5, 5.41) is 16.0. The number of aliphatic carboxylic acids is 1. The summed E-state index contributed by atoms with van der Waals surface area (Å²) in [5.41, 5.74) is -3.01. The number of carbonyl (C=O) groups is 2. The first-order valence-electron chi connectivity index (χ1n) is 8.82. The number of esters is 1. The van der Waals surface area contributed by atoms with Gasteiger partial charge in [-0.1, -0.05) is 23.4 Å².